The van der Waals surface area contributed by atoms with E-state index in [1.807, 2.05) is 0 Å². The van der Waals surface area contributed by atoms with Gasteiger partial charge in [-0.25, -0.2) is 0 Å². The van der Waals surface area contributed by atoms with Gasteiger partial charge in [0.25, 0.3) is 0 Å². The van der Waals surface area contributed by atoms with Crippen LogP contribution in [0.5, 0.6) is 0 Å². The van der Waals surface area contributed by atoms with Crippen molar-refractivity contribution in [2.45, 2.75) is 12.3 Å². The third-order valence-corrected chi connectivity index (χ3v) is 3.34. The lowest BCUT2D eigenvalue weighted by Gasteiger charge is -2.12. The lowest BCUT2D eigenvalue weighted by molar-refractivity contribution is -0.148. The molecule has 1 aromatic carbocycles. The maximum absolute atomic E-state index is 12.0. The molecule has 0 bridgehead atoms. The van der Waals surface area contributed by atoms with Crippen molar-refractivity contribution in [1.29, 1.82) is 0 Å². The Balaban J connectivity index is 2.22. The lowest BCUT2D eigenvalue weighted by atomic mass is 9.98. The zero-order chi connectivity index (χ0) is 13.3. The Hall–Kier alpha value is -1.69. The molecule has 18 heavy (non-hydrogen) atoms. The van der Waals surface area contributed by atoms with Gasteiger partial charge in [0.05, 0.1) is 5.92 Å². The Morgan fingerprint density at radius 1 is 1.33 bits per heavy atom. The number of carboxylic acid groups (broad SMARTS) is 1. The van der Waals surface area contributed by atoms with Gasteiger partial charge < -0.3 is 5.11 Å². The van der Waals surface area contributed by atoms with Crippen molar-refractivity contribution in [3.05, 3.63) is 34.3 Å². The van der Waals surface area contributed by atoms with E-state index < -0.39 is 30.2 Å². The second-order valence-electron chi connectivity index (χ2n) is 4.02. The van der Waals surface area contributed by atoms with Crippen molar-refractivity contribution < 1.29 is 19.5 Å². The van der Waals surface area contributed by atoms with Gasteiger partial charge in [0.1, 0.15) is 6.54 Å². The van der Waals surface area contributed by atoms with Crippen molar-refractivity contribution >= 4 is 33.7 Å². The highest BCUT2D eigenvalue weighted by atomic mass is 79.9. The molecule has 94 valence electrons. The molecule has 0 saturated carbocycles. The minimum atomic E-state index is -1.19. The molecule has 1 unspecified atom stereocenters. The molecule has 2 amide bonds. The molecule has 1 aliphatic heterocycles. The molecular formula is C12H10BrNO4. The van der Waals surface area contributed by atoms with Crippen LogP contribution < -0.4 is 0 Å². The number of benzene rings is 1. The SMILES string of the molecule is O=C(O)CN1C(=O)CC(c2ccc(Br)cc2)C1=O. The number of amides is 2. The Morgan fingerprint density at radius 2 is 1.94 bits per heavy atom. The van der Waals surface area contributed by atoms with Crippen molar-refractivity contribution in [2.75, 3.05) is 6.54 Å². The first-order chi connectivity index (χ1) is 8.49. The molecule has 0 radical (unpaired) electrons. The predicted octanol–water partition coefficient (Wildman–Crippen LogP) is 1.38. The summed E-state index contributed by atoms with van der Waals surface area (Å²) >= 11 is 3.29. The average Bonchev–Trinajstić information content (AvgIpc) is 2.58. The minimum Gasteiger partial charge on any atom is -0.480 e. The monoisotopic (exact) mass is 311 g/mol. The zero-order valence-corrected chi connectivity index (χ0v) is 10.9. The van der Waals surface area contributed by atoms with Gasteiger partial charge >= 0.3 is 5.97 Å². The summed E-state index contributed by atoms with van der Waals surface area (Å²) in [5, 5.41) is 8.65. The molecule has 2 rings (SSSR count). The van der Waals surface area contributed by atoms with Crippen LogP contribution in [0.15, 0.2) is 28.7 Å². The van der Waals surface area contributed by atoms with Crippen LogP contribution >= 0.6 is 15.9 Å². The summed E-state index contributed by atoms with van der Waals surface area (Å²) in [5.41, 5.74) is 0.726. The Kier molecular flexibility index (Phi) is 3.47. The molecule has 1 aliphatic rings. The van der Waals surface area contributed by atoms with E-state index >= 15 is 0 Å². The molecule has 1 N–H and O–H groups in total. The second-order valence-corrected chi connectivity index (χ2v) is 4.94. The van der Waals surface area contributed by atoms with E-state index in [0.29, 0.717) is 0 Å². The van der Waals surface area contributed by atoms with E-state index in [1.165, 1.54) is 0 Å². The van der Waals surface area contributed by atoms with E-state index in [1.54, 1.807) is 24.3 Å². The predicted molar refractivity (Wildman–Crippen MR) is 65.9 cm³/mol. The number of imide groups is 1. The van der Waals surface area contributed by atoms with E-state index in [4.69, 9.17) is 5.11 Å². The third-order valence-electron chi connectivity index (χ3n) is 2.81. The molecule has 1 fully saturated rings. The van der Waals surface area contributed by atoms with E-state index in [2.05, 4.69) is 15.9 Å². The highest BCUT2D eigenvalue weighted by Crippen LogP contribution is 2.30. The molecule has 6 heteroatoms. The van der Waals surface area contributed by atoms with Gasteiger partial charge in [0, 0.05) is 10.9 Å². The summed E-state index contributed by atoms with van der Waals surface area (Å²) in [6.07, 6.45) is 0.0355. The van der Waals surface area contributed by atoms with Crippen LogP contribution in [0.3, 0.4) is 0 Å². The van der Waals surface area contributed by atoms with Gasteiger partial charge in [0.2, 0.25) is 11.8 Å². The molecule has 0 aromatic heterocycles. The fourth-order valence-electron chi connectivity index (χ4n) is 1.94. The molecule has 0 spiro atoms. The quantitative estimate of drug-likeness (QED) is 0.856. The summed E-state index contributed by atoms with van der Waals surface area (Å²) in [5.74, 6) is -2.63. The summed E-state index contributed by atoms with van der Waals surface area (Å²) in [4.78, 5) is 35.0. The van der Waals surface area contributed by atoms with Gasteiger partial charge in [-0.2, -0.15) is 0 Å². The molecule has 5 nitrogen and oxygen atoms in total. The van der Waals surface area contributed by atoms with Gasteiger partial charge in [-0.05, 0) is 17.7 Å². The fourth-order valence-corrected chi connectivity index (χ4v) is 2.20. The smallest absolute Gasteiger partial charge is 0.323 e. The number of hydrogen-bond acceptors (Lipinski definition) is 3. The first kappa shape index (κ1) is 12.8. The third kappa shape index (κ3) is 2.43. The zero-order valence-electron chi connectivity index (χ0n) is 9.30. The van der Waals surface area contributed by atoms with Crippen LogP contribution in [0.2, 0.25) is 0 Å². The molecule has 1 saturated heterocycles. The van der Waals surface area contributed by atoms with E-state index in [0.717, 1.165) is 14.9 Å². The largest absolute Gasteiger partial charge is 0.480 e. The maximum atomic E-state index is 12.0. The molecule has 1 atom stereocenters. The fraction of sp³-hybridized carbons (Fsp3) is 0.250. The van der Waals surface area contributed by atoms with Crippen molar-refractivity contribution in [3.8, 4) is 0 Å². The Bertz CT molecular complexity index is 511. The van der Waals surface area contributed by atoms with Crippen LogP contribution in [-0.2, 0) is 14.4 Å². The first-order valence-electron chi connectivity index (χ1n) is 5.30. The number of carboxylic acids is 1. The number of likely N-dealkylation sites (tertiary alicyclic amines) is 1. The van der Waals surface area contributed by atoms with Crippen molar-refractivity contribution in [2.24, 2.45) is 0 Å². The minimum absolute atomic E-state index is 0.0355. The first-order valence-corrected chi connectivity index (χ1v) is 6.10. The molecular weight excluding hydrogens is 302 g/mol. The molecule has 0 aliphatic carbocycles. The number of carbonyl (C=O) groups excluding carboxylic acids is 2. The summed E-state index contributed by atoms with van der Waals surface area (Å²) < 4.78 is 0.880. The molecule has 1 heterocycles. The number of carbonyl (C=O) groups is 3. The second kappa shape index (κ2) is 4.89. The topological polar surface area (TPSA) is 74.7 Å². The molecule has 1 aromatic rings. The van der Waals surface area contributed by atoms with Crippen molar-refractivity contribution in [3.63, 3.8) is 0 Å². The maximum Gasteiger partial charge on any atom is 0.323 e. The van der Waals surface area contributed by atoms with Crippen LogP contribution in [0, 0.1) is 0 Å². The number of nitrogens with zero attached hydrogens (tertiary/aromatic N) is 1. The highest BCUT2D eigenvalue weighted by molar-refractivity contribution is 9.10. The normalized spacial score (nSPS) is 19.4. The summed E-state index contributed by atoms with van der Waals surface area (Å²) in [6, 6.07) is 7.08. The van der Waals surface area contributed by atoms with Gasteiger partial charge in [-0.15, -0.1) is 0 Å². The highest BCUT2D eigenvalue weighted by Gasteiger charge is 2.40. The van der Waals surface area contributed by atoms with Gasteiger partial charge in [-0.1, -0.05) is 28.1 Å². The summed E-state index contributed by atoms with van der Waals surface area (Å²) in [6.45, 7) is -0.565. The van der Waals surface area contributed by atoms with Crippen molar-refractivity contribution in [1.82, 2.24) is 4.90 Å². The average molecular weight is 312 g/mol. The number of hydrogen-bond donors (Lipinski definition) is 1. The number of halogens is 1. The van der Waals surface area contributed by atoms with Crippen LogP contribution in [0.4, 0.5) is 0 Å². The number of aliphatic carboxylic acids is 1. The van der Waals surface area contributed by atoms with E-state index in [9.17, 15) is 14.4 Å². The standard InChI is InChI=1S/C12H10BrNO4/c13-8-3-1-7(2-4-8)9-5-10(15)14(12(9)18)6-11(16)17/h1-4,9H,5-6H2,(H,16,17). The van der Waals surface area contributed by atoms with Crippen LogP contribution in [0.25, 0.3) is 0 Å². The Morgan fingerprint density at radius 3 is 2.50 bits per heavy atom. The Labute approximate surface area is 112 Å². The van der Waals surface area contributed by atoms with E-state index in [-0.39, 0.29) is 6.42 Å². The van der Waals surface area contributed by atoms with Gasteiger partial charge in [0.15, 0.2) is 0 Å². The summed E-state index contributed by atoms with van der Waals surface area (Å²) in [7, 11) is 0. The van der Waals surface area contributed by atoms with Crippen LogP contribution in [-0.4, -0.2) is 34.3 Å². The van der Waals surface area contributed by atoms with Gasteiger partial charge in [-0.3, -0.25) is 19.3 Å². The lowest BCUT2D eigenvalue weighted by Crippen LogP contribution is -2.35. The number of rotatable bonds is 3. The van der Waals surface area contributed by atoms with Crippen LogP contribution in [0.1, 0.15) is 17.9 Å².